The van der Waals surface area contributed by atoms with Gasteiger partial charge in [0, 0.05) is 13.1 Å². The lowest BCUT2D eigenvalue weighted by molar-refractivity contribution is -0.122. The normalized spacial score (nSPS) is 13.2. The van der Waals surface area contributed by atoms with Crippen molar-refractivity contribution >= 4 is 15.9 Å². The van der Waals surface area contributed by atoms with Crippen LogP contribution in [0.4, 0.5) is 8.78 Å². The van der Waals surface area contributed by atoms with Gasteiger partial charge in [0.2, 0.25) is 15.9 Å². The Balaban J connectivity index is 2.75. The van der Waals surface area contributed by atoms with E-state index in [-0.39, 0.29) is 0 Å². The first-order valence-electron chi connectivity index (χ1n) is 6.53. The number of nitrogens with one attached hydrogen (secondary N) is 2. The Hall–Kier alpha value is -1.58. The molecule has 0 bridgehead atoms. The van der Waals surface area contributed by atoms with Gasteiger partial charge in [-0.2, -0.15) is 4.72 Å². The van der Waals surface area contributed by atoms with Gasteiger partial charge in [0.1, 0.15) is 16.5 Å². The van der Waals surface area contributed by atoms with Gasteiger partial charge >= 0.3 is 0 Å². The number of nitrogens with zero attached hydrogens (tertiary/aromatic N) is 1. The van der Waals surface area contributed by atoms with Gasteiger partial charge in [-0.15, -0.1) is 0 Å². The van der Waals surface area contributed by atoms with E-state index in [1.54, 1.807) is 0 Å². The molecule has 1 aromatic rings. The summed E-state index contributed by atoms with van der Waals surface area (Å²) in [6, 6.07) is 0.973. The molecule has 0 aromatic heterocycles. The molecule has 6 nitrogen and oxygen atoms in total. The van der Waals surface area contributed by atoms with E-state index in [4.69, 9.17) is 0 Å². The van der Waals surface area contributed by atoms with Gasteiger partial charge in [0.25, 0.3) is 0 Å². The topological polar surface area (TPSA) is 78.5 Å². The highest BCUT2D eigenvalue weighted by molar-refractivity contribution is 7.89. The fourth-order valence-corrected chi connectivity index (χ4v) is 2.88. The highest BCUT2D eigenvalue weighted by atomic mass is 32.2. The Morgan fingerprint density at radius 1 is 1.32 bits per heavy atom. The molecule has 0 unspecified atom stereocenters. The van der Waals surface area contributed by atoms with E-state index in [1.165, 1.54) is 6.92 Å². The van der Waals surface area contributed by atoms with Crippen LogP contribution in [0.1, 0.15) is 6.92 Å². The molecule has 22 heavy (non-hydrogen) atoms. The molecule has 1 aromatic carbocycles. The Morgan fingerprint density at radius 3 is 2.55 bits per heavy atom. The van der Waals surface area contributed by atoms with E-state index in [2.05, 4.69) is 5.32 Å². The zero-order valence-electron chi connectivity index (χ0n) is 12.6. The van der Waals surface area contributed by atoms with Crippen LogP contribution < -0.4 is 10.0 Å². The van der Waals surface area contributed by atoms with E-state index >= 15 is 0 Å². The Morgan fingerprint density at radius 2 is 1.95 bits per heavy atom. The van der Waals surface area contributed by atoms with Gasteiger partial charge in [-0.3, -0.25) is 4.79 Å². The Bertz CT molecular complexity index is 635. The lowest BCUT2D eigenvalue weighted by Gasteiger charge is -2.16. The lowest BCUT2D eigenvalue weighted by atomic mass is 10.3. The highest BCUT2D eigenvalue weighted by Gasteiger charge is 2.25. The predicted molar refractivity (Wildman–Crippen MR) is 77.7 cm³/mol. The minimum atomic E-state index is -4.34. The van der Waals surface area contributed by atoms with Crippen LogP contribution >= 0.6 is 0 Å². The second-order valence-electron chi connectivity index (χ2n) is 5.01. The largest absolute Gasteiger partial charge is 0.353 e. The van der Waals surface area contributed by atoms with Crippen LogP contribution in [0.15, 0.2) is 23.1 Å². The van der Waals surface area contributed by atoms with Gasteiger partial charge < -0.3 is 10.2 Å². The standard InChI is InChI=1S/C13H19F2N3O3S/c1-9(13(19)16-6-7-18(2)3)17-22(20,21)12-8-10(14)4-5-11(12)15/h4-5,8-9,17H,6-7H2,1-3H3,(H,16,19)/t9-/m0/s1. The molecule has 9 heteroatoms. The maximum Gasteiger partial charge on any atom is 0.244 e. The third kappa shape index (κ3) is 5.32. The molecule has 0 aliphatic carbocycles. The maximum atomic E-state index is 13.5. The number of sulfonamides is 1. The summed E-state index contributed by atoms with van der Waals surface area (Å²) in [7, 11) is -0.686. The summed E-state index contributed by atoms with van der Waals surface area (Å²) in [5.41, 5.74) is 0. The molecule has 0 aliphatic rings. The first-order valence-corrected chi connectivity index (χ1v) is 8.01. The summed E-state index contributed by atoms with van der Waals surface area (Å²) in [6.45, 7) is 2.25. The van der Waals surface area contributed by atoms with E-state index in [9.17, 15) is 22.0 Å². The van der Waals surface area contributed by atoms with Crippen molar-refractivity contribution in [1.82, 2.24) is 14.9 Å². The lowest BCUT2D eigenvalue weighted by Crippen LogP contribution is -2.46. The van der Waals surface area contributed by atoms with Gasteiger partial charge in [0.15, 0.2) is 0 Å². The van der Waals surface area contributed by atoms with E-state index in [0.29, 0.717) is 25.2 Å². The average molecular weight is 335 g/mol. The Kier molecular flexibility index (Phi) is 6.39. The molecule has 0 radical (unpaired) electrons. The van der Waals surface area contributed by atoms with Crippen LogP contribution in [0.3, 0.4) is 0 Å². The third-order valence-corrected chi connectivity index (χ3v) is 4.32. The third-order valence-electron chi connectivity index (χ3n) is 2.77. The van der Waals surface area contributed by atoms with Crippen molar-refractivity contribution in [1.29, 1.82) is 0 Å². The summed E-state index contributed by atoms with van der Waals surface area (Å²) in [5, 5.41) is 2.54. The number of halogens is 2. The number of carbonyl (C=O) groups excluding carboxylic acids is 1. The minimum absolute atomic E-state index is 0.340. The van der Waals surface area contributed by atoms with Crippen LogP contribution in [-0.4, -0.2) is 52.5 Å². The van der Waals surface area contributed by atoms with Gasteiger partial charge in [-0.25, -0.2) is 17.2 Å². The molecule has 0 saturated carbocycles. The molecule has 0 saturated heterocycles. The molecule has 2 N–H and O–H groups in total. The SMILES string of the molecule is C[C@H](NS(=O)(=O)c1cc(F)ccc1F)C(=O)NCCN(C)C. The summed E-state index contributed by atoms with van der Waals surface area (Å²) in [4.78, 5) is 12.8. The second kappa shape index (κ2) is 7.61. The average Bonchev–Trinajstić information content (AvgIpc) is 2.40. The summed E-state index contributed by atoms with van der Waals surface area (Å²) in [5.74, 6) is -2.53. The van der Waals surface area contributed by atoms with Gasteiger partial charge in [-0.1, -0.05) is 0 Å². The van der Waals surface area contributed by atoms with E-state index in [0.717, 1.165) is 6.07 Å². The summed E-state index contributed by atoms with van der Waals surface area (Å²) < 4.78 is 52.6. The van der Waals surface area contributed by atoms with Crippen molar-refractivity contribution in [3.63, 3.8) is 0 Å². The number of rotatable bonds is 7. The number of amides is 1. The van der Waals surface area contributed by atoms with Crippen molar-refractivity contribution in [2.24, 2.45) is 0 Å². The smallest absolute Gasteiger partial charge is 0.244 e. The van der Waals surface area contributed by atoms with Crippen LogP contribution in [0.25, 0.3) is 0 Å². The molecule has 1 atom stereocenters. The van der Waals surface area contributed by atoms with E-state index < -0.39 is 38.5 Å². The molecule has 0 heterocycles. The van der Waals surface area contributed by atoms with E-state index in [1.807, 2.05) is 23.7 Å². The van der Waals surface area contributed by atoms with Crippen molar-refractivity contribution in [2.75, 3.05) is 27.2 Å². The molecule has 0 aliphatic heterocycles. The number of hydrogen-bond acceptors (Lipinski definition) is 4. The first kappa shape index (κ1) is 18.5. The Labute approximate surface area is 128 Å². The van der Waals surface area contributed by atoms with Crippen LogP contribution in [0, 0.1) is 11.6 Å². The summed E-state index contributed by atoms with van der Waals surface area (Å²) >= 11 is 0. The fourth-order valence-electron chi connectivity index (χ4n) is 1.59. The molecule has 124 valence electrons. The maximum absolute atomic E-state index is 13.5. The van der Waals surface area contributed by atoms with Crippen molar-refractivity contribution in [3.8, 4) is 0 Å². The van der Waals surface area contributed by atoms with Gasteiger partial charge in [-0.05, 0) is 39.2 Å². The van der Waals surface area contributed by atoms with Crippen LogP contribution in [0.5, 0.6) is 0 Å². The van der Waals surface area contributed by atoms with Crippen molar-refractivity contribution in [2.45, 2.75) is 17.9 Å². The fraction of sp³-hybridized carbons (Fsp3) is 0.462. The highest BCUT2D eigenvalue weighted by Crippen LogP contribution is 2.15. The second-order valence-corrected chi connectivity index (χ2v) is 6.69. The molecule has 0 spiro atoms. The van der Waals surface area contributed by atoms with Gasteiger partial charge in [0.05, 0.1) is 6.04 Å². The van der Waals surface area contributed by atoms with Crippen molar-refractivity contribution < 1.29 is 22.0 Å². The predicted octanol–water partition coefficient (Wildman–Crippen LogP) is 0.309. The molecule has 1 amide bonds. The minimum Gasteiger partial charge on any atom is -0.353 e. The monoisotopic (exact) mass is 335 g/mol. The number of carbonyl (C=O) groups is 1. The number of benzene rings is 1. The molecule has 0 fully saturated rings. The molecule has 1 rings (SSSR count). The van der Waals surface area contributed by atoms with Crippen LogP contribution in [0.2, 0.25) is 0 Å². The summed E-state index contributed by atoms with van der Waals surface area (Å²) in [6.07, 6.45) is 0. The van der Waals surface area contributed by atoms with Crippen LogP contribution in [-0.2, 0) is 14.8 Å². The number of hydrogen-bond donors (Lipinski definition) is 2. The first-order chi connectivity index (χ1) is 10.1. The quantitative estimate of drug-likeness (QED) is 0.752. The number of likely N-dealkylation sites (N-methyl/N-ethyl adjacent to an activating group) is 1. The van der Waals surface area contributed by atoms with Crippen molar-refractivity contribution in [3.05, 3.63) is 29.8 Å². The zero-order valence-corrected chi connectivity index (χ0v) is 13.4. The molecular formula is C13H19F2N3O3S. The zero-order chi connectivity index (χ0) is 16.9. The molecular weight excluding hydrogens is 316 g/mol.